The van der Waals surface area contributed by atoms with E-state index in [-0.39, 0.29) is 25.0 Å². The van der Waals surface area contributed by atoms with Gasteiger partial charge < -0.3 is 20.1 Å². The lowest BCUT2D eigenvalue weighted by molar-refractivity contribution is -0.147. The fourth-order valence-electron chi connectivity index (χ4n) is 2.48. The lowest BCUT2D eigenvalue weighted by Gasteiger charge is -2.19. The third-order valence-electron chi connectivity index (χ3n) is 4.22. The molecule has 1 heterocycles. The molecule has 1 aliphatic heterocycles. The number of amides is 2. The van der Waals surface area contributed by atoms with Crippen LogP contribution in [-0.4, -0.2) is 42.6 Å². The largest absolute Gasteiger partial charge is 0.484 e. The van der Waals surface area contributed by atoms with Crippen molar-refractivity contribution in [1.29, 1.82) is 0 Å². The minimum Gasteiger partial charge on any atom is -0.484 e. The molecular weight excluding hydrogens is 324 g/mol. The lowest BCUT2D eigenvalue weighted by Crippen LogP contribution is -2.34. The molecule has 0 aliphatic carbocycles. The molecule has 0 saturated carbocycles. The first-order chi connectivity index (χ1) is 11.8. The fourth-order valence-corrected chi connectivity index (χ4v) is 2.48. The highest BCUT2D eigenvalue weighted by Gasteiger charge is 2.26. The van der Waals surface area contributed by atoms with Crippen LogP contribution in [0.5, 0.6) is 5.75 Å². The number of aliphatic carboxylic acids is 1. The van der Waals surface area contributed by atoms with Gasteiger partial charge in [0.05, 0.1) is 5.41 Å². The summed E-state index contributed by atoms with van der Waals surface area (Å²) in [7, 11) is 0. The van der Waals surface area contributed by atoms with E-state index in [0.29, 0.717) is 25.1 Å². The molecule has 7 heteroatoms. The molecule has 0 atom stereocenters. The topological polar surface area (TPSA) is 95.9 Å². The number of anilines is 1. The number of nitrogens with one attached hydrogen (secondary N) is 1. The molecule has 2 N–H and O–H groups in total. The van der Waals surface area contributed by atoms with Gasteiger partial charge in [0.2, 0.25) is 5.91 Å². The first kappa shape index (κ1) is 18.8. The van der Waals surface area contributed by atoms with Crippen molar-refractivity contribution in [3.8, 4) is 5.75 Å². The highest BCUT2D eigenvalue weighted by atomic mass is 16.5. The molecule has 1 fully saturated rings. The Hall–Kier alpha value is -2.57. The SMILES string of the molecule is CC(C)(CCNC(=O)COc1cccc(N2CCCC2=O)c1)C(=O)O. The van der Waals surface area contributed by atoms with E-state index in [1.807, 2.05) is 6.07 Å². The average Bonchev–Trinajstić information content (AvgIpc) is 2.99. The van der Waals surface area contributed by atoms with Crippen LogP contribution in [0.4, 0.5) is 5.69 Å². The van der Waals surface area contributed by atoms with Gasteiger partial charge in [0, 0.05) is 31.3 Å². The molecule has 2 amide bonds. The van der Waals surface area contributed by atoms with Gasteiger partial charge in [-0.3, -0.25) is 14.4 Å². The first-order valence-corrected chi connectivity index (χ1v) is 8.33. The van der Waals surface area contributed by atoms with E-state index < -0.39 is 11.4 Å². The minimum absolute atomic E-state index is 0.0935. The Balaban J connectivity index is 1.80. The maximum Gasteiger partial charge on any atom is 0.309 e. The van der Waals surface area contributed by atoms with Gasteiger partial charge in [-0.2, -0.15) is 0 Å². The van der Waals surface area contributed by atoms with Crippen LogP contribution in [0.25, 0.3) is 0 Å². The molecule has 0 unspecified atom stereocenters. The number of nitrogens with zero attached hydrogens (tertiary/aromatic N) is 1. The van der Waals surface area contributed by atoms with E-state index >= 15 is 0 Å². The summed E-state index contributed by atoms with van der Waals surface area (Å²) in [5, 5.41) is 11.7. The number of carbonyl (C=O) groups is 3. The molecule has 1 saturated heterocycles. The number of hydrogen-bond acceptors (Lipinski definition) is 4. The van der Waals surface area contributed by atoms with Gasteiger partial charge in [-0.1, -0.05) is 6.07 Å². The maximum absolute atomic E-state index is 11.8. The van der Waals surface area contributed by atoms with Crippen molar-refractivity contribution in [1.82, 2.24) is 5.32 Å². The van der Waals surface area contributed by atoms with Crippen LogP contribution in [0.3, 0.4) is 0 Å². The van der Waals surface area contributed by atoms with E-state index in [2.05, 4.69) is 5.32 Å². The molecule has 2 rings (SSSR count). The summed E-state index contributed by atoms with van der Waals surface area (Å²) < 4.78 is 5.47. The zero-order valence-corrected chi connectivity index (χ0v) is 14.6. The van der Waals surface area contributed by atoms with Crippen LogP contribution >= 0.6 is 0 Å². The van der Waals surface area contributed by atoms with Crippen molar-refractivity contribution in [3.63, 3.8) is 0 Å². The summed E-state index contributed by atoms with van der Waals surface area (Å²) in [6.45, 7) is 4.03. The number of carbonyl (C=O) groups excluding carboxylic acids is 2. The summed E-state index contributed by atoms with van der Waals surface area (Å²) >= 11 is 0. The van der Waals surface area contributed by atoms with Crippen molar-refractivity contribution in [3.05, 3.63) is 24.3 Å². The van der Waals surface area contributed by atoms with E-state index in [9.17, 15) is 14.4 Å². The predicted octanol–water partition coefficient (Wildman–Crippen LogP) is 1.81. The van der Waals surface area contributed by atoms with Gasteiger partial charge in [0.15, 0.2) is 6.61 Å². The van der Waals surface area contributed by atoms with Gasteiger partial charge in [0.25, 0.3) is 5.91 Å². The normalized spacial score (nSPS) is 14.5. The van der Waals surface area contributed by atoms with Crippen LogP contribution in [0.1, 0.15) is 33.1 Å². The zero-order valence-electron chi connectivity index (χ0n) is 14.6. The second-order valence-electron chi connectivity index (χ2n) is 6.72. The molecule has 7 nitrogen and oxygen atoms in total. The Bertz CT molecular complexity index is 657. The number of carboxylic acids is 1. The van der Waals surface area contributed by atoms with E-state index in [1.54, 1.807) is 36.9 Å². The Morgan fingerprint density at radius 3 is 2.76 bits per heavy atom. The van der Waals surface area contributed by atoms with Gasteiger partial charge in [-0.25, -0.2) is 0 Å². The van der Waals surface area contributed by atoms with Crippen LogP contribution in [0.2, 0.25) is 0 Å². The number of benzene rings is 1. The van der Waals surface area contributed by atoms with Crippen LogP contribution in [0.15, 0.2) is 24.3 Å². The van der Waals surface area contributed by atoms with Gasteiger partial charge in [-0.05, 0) is 38.8 Å². The number of hydrogen-bond donors (Lipinski definition) is 2. The first-order valence-electron chi connectivity index (χ1n) is 8.33. The second-order valence-corrected chi connectivity index (χ2v) is 6.72. The molecule has 25 heavy (non-hydrogen) atoms. The molecule has 0 radical (unpaired) electrons. The van der Waals surface area contributed by atoms with E-state index in [1.165, 1.54) is 0 Å². The molecule has 0 spiro atoms. The monoisotopic (exact) mass is 348 g/mol. The van der Waals surface area contributed by atoms with Gasteiger partial charge in [0.1, 0.15) is 5.75 Å². The zero-order chi connectivity index (χ0) is 18.4. The molecule has 0 aromatic heterocycles. The maximum atomic E-state index is 11.8. The second kappa shape index (κ2) is 8.00. The van der Waals surface area contributed by atoms with E-state index in [4.69, 9.17) is 9.84 Å². The fraction of sp³-hybridized carbons (Fsp3) is 0.500. The Kier molecular flexibility index (Phi) is 6.01. The van der Waals surface area contributed by atoms with Crippen molar-refractivity contribution in [2.24, 2.45) is 5.41 Å². The van der Waals surface area contributed by atoms with Gasteiger partial charge >= 0.3 is 5.97 Å². The predicted molar refractivity (Wildman–Crippen MR) is 92.6 cm³/mol. The molecule has 1 aromatic rings. The van der Waals surface area contributed by atoms with Crippen molar-refractivity contribution < 1.29 is 24.2 Å². The molecule has 136 valence electrons. The van der Waals surface area contributed by atoms with Crippen LogP contribution in [0, 0.1) is 5.41 Å². The molecular formula is C18H24N2O5. The minimum atomic E-state index is -0.897. The highest BCUT2D eigenvalue weighted by Crippen LogP contribution is 2.25. The number of rotatable bonds is 8. The summed E-state index contributed by atoms with van der Waals surface area (Å²) in [4.78, 5) is 36.3. The Morgan fingerprint density at radius 2 is 2.12 bits per heavy atom. The Morgan fingerprint density at radius 1 is 1.36 bits per heavy atom. The standard InChI is InChI=1S/C18H24N2O5/c1-18(2,17(23)24)8-9-19-15(21)12-25-14-6-3-5-13(11-14)20-10-4-7-16(20)22/h3,5-6,11H,4,7-10,12H2,1-2H3,(H,19,21)(H,23,24). The van der Waals surface area contributed by atoms with E-state index in [0.717, 1.165) is 12.1 Å². The molecule has 1 aromatic carbocycles. The van der Waals surface area contributed by atoms with Crippen LogP contribution in [-0.2, 0) is 14.4 Å². The highest BCUT2D eigenvalue weighted by molar-refractivity contribution is 5.95. The summed E-state index contributed by atoms with van der Waals surface area (Å²) in [6.07, 6.45) is 1.74. The Labute approximate surface area is 147 Å². The summed E-state index contributed by atoms with van der Waals surface area (Å²) in [5.74, 6) is -0.607. The third-order valence-corrected chi connectivity index (χ3v) is 4.22. The number of ether oxygens (including phenoxy) is 1. The summed E-state index contributed by atoms with van der Waals surface area (Å²) in [6, 6.07) is 7.09. The van der Waals surface area contributed by atoms with Crippen LogP contribution < -0.4 is 15.0 Å². The quantitative estimate of drug-likeness (QED) is 0.747. The lowest BCUT2D eigenvalue weighted by atomic mass is 9.90. The third kappa shape index (κ3) is 5.20. The van der Waals surface area contributed by atoms with Crippen molar-refractivity contribution in [2.45, 2.75) is 33.1 Å². The summed E-state index contributed by atoms with van der Waals surface area (Å²) in [5.41, 5.74) is -0.117. The van der Waals surface area contributed by atoms with Gasteiger partial charge in [-0.15, -0.1) is 0 Å². The average molecular weight is 348 g/mol. The van der Waals surface area contributed by atoms with Crippen molar-refractivity contribution >= 4 is 23.5 Å². The molecule has 1 aliphatic rings. The number of carboxylic acid groups (broad SMARTS) is 1. The van der Waals surface area contributed by atoms with Crippen molar-refractivity contribution in [2.75, 3.05) is 24.6 Å². The molecule has 0 bridgehead atoms. The smallest absolute Gasteiger partial charge is 0.309 e.